The number of hydrogen-bond acceptors (Lipinski definition) is 8. The monoisotopic (exact) mass is 283 g/mol. The largest absolute Gasteiger partial charge is 0.466 e. The van der Waals surface area contributed by atoms with Crippen LogP contribution in [0.3, 0.4) is 0 Å². The number of aromatic nitrogens is 3. The van der Waals surface area contributed by atoms with E-state index in [9.17, 15) is 4.79 Å². The number of carbonyl (C=O) groups is 1. The van der Waals surface area contributed by atoms with Gasteiger partial charge >= 0.3 is 12.0 Å². The van der Waals surface area contributed by atoms with E-state index in [0.717, 1.165) is 0 Å². The topological polar surface area (TPSA) is 98.3 Å². The molecule has 0 radical (unpaired) electrons. The number of rotatable bonds is 8. The summed E-state index contributed by atoms with van der Waals surface area (Å²) in [6.45, 7) is 6.30. The lowest BCUT2D eigenvalue weighted by Gasteiger charge is -2.11. The highest BCUT2D eigenvalue weighted by Gasteiger charge is 2.09. The number of nitrogens with one attached hydrogen (secondary N) is 2. The van der Waals surface area contributed by atoms with Gasteiger partial charge in [0.15, 0.2) is 0 Å². The zero-order chi connectivity index (χ0) is 15.0. The average Bonchev–Trinajstić information content (AvgIpc) is 2.38. The van der Waals surface area contributed by atoms with Crippen LogP contribution >= 0.6 is 0 Å². The van der Waals surface area contributed by atoms with Crippen molar-refractivity contribution in [3.63, 3.8) is 0 Å². The molecule has 0 aliphatic rings. The first-order valence-electron chi connectivity index (χ1n) is 6.55. The Hall–Kier alpha value is -2.12. The van der Waals surface area contributed by atoms with Crippen molar-refractivity contribution >= 4 is 17.9 Å². The fourth-order valence-corrected chi connectivity index (χ4v) is 1.32. The van der Waals surface area contributed by atoms with E-state index in [-0.39, 0.29) is 24.5 Å². The highest BCUT2D eigenvalue weighted by molar-refractivity contribution is 5.69. The number of esters is 1. The van der Waals surface area contributed by atoms with E-state index in [4.69, 9.17) is 9.47 Å². The van der Waals surface area contributed by atoms with Crippen molar-refractivity contribution in [1.29, 1.82) is 0 Å². The van der Waals surface area contributed by atoms with Gasteiger partial charge in [0, 0.05) is 13.6 Å². The fraction of sp³-hybridized carbons (Fsp3) is 0.667. The van der Waals surface area contributed by atoms with Crippen LogP contribution in [0.2, 0.25) is 0 Å². The van der Waals surface area contributed by atoms with Crippen molar-refractivity contribution in [1.82, 2.24) is 15.0 Å². The predicted octanol–water partition coefficient (Wildman–Crippen LogP) is 1.07. The van der Waals surface area contributed by atoms with Gasteiger partial charge in [-0.05, 0) is 20.8 Å². The Morgan fingerprint density at radius 2 is 1.95 bits per heavy atom. The minimum absolute atomic E-state index is 0.0329. The summed E-state index contributed by atoms with van der Waals surface area (Å²) in [5.41, 5.74) is 0. The van der Waals surface area contributed by atoms with E-state index < -0.39 is 0 Å². The van der Waals surface area contributed by atoms with Crippen molar-refractivity contribution in [3.8, 4) is 6.01 Å². The molecule has 0 amide bonds. The van der Waals surface area contributed by atoms with Crippen molar-refractivity contribution in [2.24, 2.45) is 0 Å². The molecule has 0 unspecified atom stereocenters. The molecule has 1 aromatic rings. The van der Waals surface area contributed by atoms with Crippen LogP contribution in [0, 0.1) is 0 Å². The van der Waals surface area contributed by atoms with Gasteiger partial charge in [-0.3, -0.25) is 4.79 Å². The lowest BCUT2D eigenvalue weighted by Crippen LogP contribution is -2.15. The number of nitrogens with zero attached hydrogens (tertiary/aromatic N) is 3. The second kappa shape index (κ2) is 8.13. The fourth-order valence-electron chi connectivity index (χ4n) is 1.32. The van der Waals surface area contributed by atoms with E-state index >= 15 is 0 Å². The first-order chi connectivity index (χ1) is 9.55. The van der Waals surface area contributed by atoms with Crippen LogP contribution in [0.5, 0.6) is 6.01 Å². The zero-order valence-electron chi connectivity index (χ0n) is 12.3. The number of carbonyl (C=O) groups excluding carboxylic acids is 1. The maximum Gasteiger partial charge on any atom is 0.323 e. The molecule has 20 heavy (non-hydrogen) atoms. The molecule has 1 aromatic heterocycles. The van der Waals surface area contributed by atoms with E-state index in [1.165, 1.54) is 0 Å². The number of hydrogen-bond donors (Lipinski definition) is 2. The van der Waals surface area contributed by atoms with Crippen molar-refractivity contribution < 1.29 is 14.3 Å². The van der Waals surface area contributed by atoms with Gasteiger partial charge in [-0.15, -0.1) is 0 Å². The van der Waals surface area contributed by atoms with Crippen LogP contribution in [-0.4, -0.2) is 47.2 Å². The quantitative estimate of drug-likeness (QED) is 0.683. The SMILES string of the molecule is CCOC(=O)CCNc1nc(NC)nc(OC(C)C)n1. The summed E-state index contributed by atoms with van der Waals surface area (Å²) in [6, 6.07) is 0.234. The molecule has 2 N–H and O–H groups in total. The van der Waals surface area contributed by atoms with Crippen LogP contribution in [-0.2, 0) is 9.53 Å². The van der Waals surface area contributed by atoms with Gasteiger partial charge in [0.25, 0.3) is 0 Å². The molecule has 1 rings (SSSR count). The second-order valence-electron chi connectivity index (χ2n) is 4.16. The Kier molecular flexibility index (Phi) is 6.48. The van der Waals surface area contributed by atoms with Crippen molar-refractivity contribution in [2.45, 2.75) is 33.3 Å². The second-order valence-corrected chi connectivity index (χ2v) is 4.16. The normalized spacial score (nSPS) is 10.2. The Labute approximate surface area is 118 Å². The van der Waals surface area contributed by atoms with Gasteiger partial charge in [0.05, 0.1) is 19.1 Å². The summed E-state index contributed by atoms with van der Waals surface area (Å²) in [5, 5.41) is 5.77. The molecule has 0 saturated carbocycles. The van der Waals surface area contributed by atoms with Gasteiger partial charge in [-0.1, -0.05) is 0 Å². The van der Waals surface area contributed by atoms with Gasteiger partial charge in [0.2, 0.25) is 11.9 Å². The Morgan fingerprint density at radius 1 is 1.25 bits per heavy atom. The molecule has 0 aliphatic carbocycles. The van der Waals surface area contributed by atoms with Crippen molar-refractivity contribution in [2.75, 3.05) is 30.8 Å². The molecule has 1 heterocycles. The predicted molar refractivity (Wildman–Crippen MR) is 74.9 cm³/mol. The molecule has 112 valence electrons. The summed E-state index contributed by atoms with van der Waals surface area (Å²) in [4.78, 5) is 23.5. The van der Waals surface area contributed by atoms with Gasteiger partial charge in [-0.25, -0.2) is 0 Å². The lowest BCUT2D eigenvalue weighted by molar-refractivity contribution is -0.142. The maximum atomic E-state index is 11.2. The molecule has 8 heteroatoms. The standard InChI is InChI=1S/C12H21N5O3/c1-5-19-9(18)6-7-14-11-15-10(13-4)16-12(17-11)20-8(2)3/h8H,5-7H2,1-4H3,(H2,13,14,15,16,17). The summed E-state index contributed by atoms with van der Waals surface area (Å²) in [5.74, 6) is 0.486. The average molecular weight is 283 g/mol. The minimum Gasteiger partial charge on any atom is -0.466 e. The molecule has 0 saturated heterocycles. The third-order valence-corrected chi connectivity index (χ3v) is 2.10. The maximum absolute atomic E-state index is 11.2. The molecule has 0 atom stereocenters. The molecule has 0 spiro atoms. The smallest absolute Gasteiger partial charge is 0.323 e. The van der Waals surface area contributed by atoms with Gasteiger partial charge < -0.3 is 20.1 Å². The summed E-state index contributed by atoms with van der Waals surface area (Å²) < 4.78 is 10.3. The summed E-state index contributed by atoms with van der Waals surface area (Å²) in [7, 11) is 1.71. The Bertz CT molecular complexity index is 439. The van der Waals surface area contributed by atoms with Gasteiger partial charge in [0.1, 0.15) is 0 Å². The highest BCUT2D eigenvalue weighted by atomic mass is 16.5. The van der Waals surface area contributed by atoms with Crippen LogP contribution in [0.15, 0.2) is 0 Å². The van der Waals surface area contributed by atoms with Crippen LogP contribution in [0.4, 0.5) is 11.9 Å². The molecule has 0 aromatic carbocycles. The lowest BCUT2D eigenvalue weighted by atomic mass is 10.4. The van der Waals surface area contributed by atoms with Gasteiger partial charge in [-0.2, -0.15) is 15.0 Å². The molecular formula is C12H21N5O3. The molecule has 0 bridgehead atoms. The Balaban J connectivity index is 2.61. The first-order valence-corrected chi connectivity index (χ1v) is 6.55. The van der Waals surface area contributed by atoms with Crippen LogP contribution in [0.25, 0.3) is 0 Å². The van der Waals surface area contributed by atoms with E-state index in [1.807, 2.05) is 13.8 Å². The minimum atomic E-state index is -0.262. The van der Waals surface area contributed by atoms with E-state index in [0.29, 0.717) is 25.0 Å². The molecular weight excluding hydrogens is 262 g/mol. The van der Waals surface area contributed by atoms with Crippen LogP contribution in [0.1, 0.15) is 27.2 Å². The van der Waals surface area contributed by atoms with Crippen molar-refractivity contribution in [3.05, 3.63) is 0 Å². The van der Waals surface area contributed by atoms with E-state index in [2.05, 4.69) is 25.6 Å². The molecule has 0 fully saturated rings. The molecule has 0 aliphatic heterocycles. The zero-order valence-corrected chi connectivity index (χ0v) is 12.3. The van der Waals surface area contributed by atoms with E-state index in [1.54, 1.807) is 14.0 Å². The first kappa shape index (κ1) is 15.9. The highest BCUT2D eigenvalue weighted by Crippen LogP contribution is 2.12. The summed E-state index contributed by atoms with van der Waals surface area (Å²) >= 11 is 0. The molecule has 8 nitrogen and oxygen atoms in total. The van der Waals surface area contributed by atoms with Crippen LogP contribution < -0.4 is 15.4 Å². The third kappa shape index (κ3) is 5.68. The number of anilines is 2. The number of ether oxygens (including phenoxy) is 2. The third-order valence-electron chi connectivity index (χ3n) is 2.10. The summed E-state index contributed by atoms with van der Waals surface area (Å²) in [6.07, 6.45) is 0.212. The Morgan fingerprint density at radius 3 is 2.55 bits per heavy atom.